The lowest BCUT2D eigenvalue weighted by Crippen LogP contribution is -2.65. The van der Waals surface area contributed by atoms with Crippen molar-refractivity contribution in [1.82, 2.24) is 4.90 Å². The second-order valence-corrected chi connectivity index (χ2v) is 9.94. The van der Waals surface area contributed by atoms with Crippen LogP contribution < -0.4 is 11.1 Å². The first-order chi connectivity index (χ1) is 17.5. The molecule has 1 amide bonds. The molecular weight excluding hydrogens is 478 g/mol. The second kappa shape index (κ2) is 8.46. The van der Waals surface area contributed by atoms with Gasteiger partial charge in [-0.1, -0.05) is 18.2 Å². The molecule has 0 unspecified atom stereocenters. The Hall–Kier alpha value is -4.15. The number of anilines is 2. The van der Waals surface area contributed by atoms with Crippen LogP contribution in [0.5, 0.6) is 5.75 Å². The Balaban J connectivity index is 1.69. The van der Waals surface area contributed by atoms with Crippen LogP contribution in [0.15, 0.2) is 59.4 Å². The minimum Gasteiger partial charge on any atom is -0.508 e. The number of nitrogens with two attached hydrogens (primary N) is 1. The first-order valence-corrected chi connectivity index (χ1v) is 11.8. The highest BCUT2D eigenvalue weighted by Crippen LogP contribution is 2.53. The summed E-state index contributed by atoms with van der Waals surface area (Å²) in [4.78, 5) is 40.5. The maximum absolute atomic E-state index is 13.8. The molecule has 10 heteroatoms. The van der Waals surface area contributed by atoms with Crippen LogP contribution in [0.2, 0.25) is 0 Å². The summed E-state index contributed by atoms with van der Waals surface area (Å²) in [5.74, 6) is -6.73. The summed E-state index contributed by atoms with van der Waals surface area (Å²) in [6, 6.07) is 11.2. The van der Waals surface area contributed by atoms with E-state index in [-0.39, 0.29) is 29.7 Å². The van der Waals surface area contributed by atoms with E-state index in [1.165, 1.54) is 11.0 Å². The van der Waals surface area contributed by atoms with Crippen LogP contribution in [-0.2, 0) is 20.8 Å². The van der Waals surface area contributed by atoms with Gasteiger partial charge in [-0.25, -0.2) is 0 Å². The number of aliphatic hydroxyl groups excluding tert-OH is 2. The normalized spacial score (nSPS) is 27.1. The van der Waals surface area contributed by atoms with Crippen LogP contribution in [0.25, 0.3) is 5.76 Å². The number of likely N-dealkylation sites (N-methyl/N-ethyl adjacent to an activating group) is 1. The third-order valence-electron chi connectivity index (χ3n) is 7.66. The molecule has 0 saturated heterocycles. The first-order valence-electron chi connectivity index (χ1n) is 11.8. The lowest BCUT2D eigenvalue weighted by Gasteiger charge is -2.50. The van der Waals surface area contributed by atoms with Gasteiger partial charge in [0.25, 0.3) is 5.91 Å². The zero-order valence-corrected chi connectivity index (χ0v) is 20.2. The van der Waals surface area contributed by atoms with Crippen molar-refractivity contribution in [3.05, 3.63) is 70.5 Å². The lowest BCUT2D eigenvalue weighted by atomic mass is 9.57. The van der Waals surface area contributed by atoms with Crippen molar-refractivity contribution in [3.8, 4) is 5.75 Å². The number of nitrogens with zero attached hydrogens (tertiary/aromatic N) is 1. The number of hydrogen-bond donors (Lipinski definition) is 6. The fourth-order valence-electron chi connectivity index (χ4n) is 6.04. The molecule has 0 radical (unpaired) electrons. The van der Waals surface area contributed by atoms with E-state index in [9.17, 15) is 34.8 Å². The Morgan fingerprint density at radius 2 is 1.76 bits per heavy atom. The number of rotatable bonds is 4. The molecule has 2 aromatic carbocycles. The van der Waals surface area contributed by atoms with Gasteiger partial charge in [0.1, 0.15) is 22.8 Å². The molecule has 0 spiro atoms. The molecule has 1 fully saturated rings. The molecule has 37 heavy (non-hydrogen) atoms. The Labute approximate surface area is 212 Å². The van der Waals surface area contributed by atoms with Crippen molar-refractivity contribution >= 4 is 34.6 Å². The minimum atomic E-state index is -2.65. The molecule has 2 aromatic rings. The summed E-state index contributed by atoms with van der Waals surface area (Å²) >= 11 is 0. The fourth-order valence-corrected chi connectivity index (χ4v) is 6.04. The second-order valence-electron chi connectivity index (χ2n) is 9.94. The number of ketones is 2. The van der Waals surface area contributed by atoms with E-state index in [4.69, 9.17) is 5.73 Å². The predicted molar refractivity (Wildman–Crippen MR) is 134 cm³/mol. The zero-order chi connectivity index (χ0) is 26.8. The summed E-state index contributed by atoms with van der Waals surface area (Å²) in [5.41, 5.74) is 3.66. The van der Waals surface area contributed by atoms with E-state index in [1.807, 2.05) is 30.3 Å². The number of para-hydroxylation sites is 1. The van der Waals surface area contributed by atoms with Gasteiger partial charge in [-0.3, -0.25) is 19.3 Å². The SMILES string of the molecule is CN(C)[C@@H]1C(=O)C(C(N)=O)=C(O)[C@@]2(O)C(=O)C3=C(O)c4c(O)ccc(Nc5ccccc5)c4C[C@H]3C[C@@H]12. The number of benzene rings is 2. The van der Waals surface area contributed by atoms with Crippen LogP contribution in [0.4, 0.5) is 11.4 Å². The molecule has 0 aliphatic heterocycles. The Bertz CT molecular complexity index is 1410. The molecule has 3 aliphatic carbocycles. The standard InChI is InChI=1S/C27H27N3O7/c1-30(2)21-15-11-12-10-14-16(29-13-6-4-3-5-7-13)8-9-17(31)19(14)22(32)18(12)24(34)27(15,37)25(35)20(23(21)33)26(28)36/h3-9,12,15,21,29,31-32,35,37H,10-11H2,1-2H3,(H2,28,36)/t12-,15-,21-,27-/m0/s1. The maximum atomic E-state index is 13.8. The van der Waals surface area contributed by atoms with E-state index >= 15 is 0 Å². The minimum absolute atomic E-state index is 0.0339. The van der Waals surface area contributed by atoms with Gasteiger partial charge < -0.3 is 31.5 Å². The molecule has 0 heterocycles. The molecule has 1 saturated carbocycles. The predicted octanol–water partition coefficient (Wildman–Crippen LogP) is 1.71. The number of primary amides is 1. The molecular formula is C27H27N3O7. The summed E-state index contributed by atoms with van der Waals surface area (Å²) < 4.78 is 0. The highest BCUT2D eigenvalue weighted by Gasteiger charge is 2.64. The number of carbonyl (C=O) groups excluding carboxylic acids is 3. The van der Waals surface area contributed by atoms with Gasteiger partial charge in [0.05, 0.1) is 11.6 Å². The number of aliphatic hydroxyl groups is 3. The molecule has 5 rings (SSSR count). The fraction of sp³-hybridized carbons (Fsp3) is 0.296. The van der Waals surface area contributed by atoms with Crippen LogP contribution in [0.3, 0.4) is 0 Å². The number of Topliss-reactive ketones (excluding diaryl/α,β-unsaturated/α-hetero) is 2. The number of amides is 1. The summed E-state index contributed by atoms with van der Waals surface area (Å²) in [5, 5.41) is 47.7. The molecule has 4 atom stereocenters. The van der Waals surface area contributed by atoms with Gasteiger partial charge in [-0.15, -0.1) is 0 Å². The lowest BCUT2D eigenvalue weighted by molar-refractivity contribution is -0.153. The zero-order valence-electron chi connectivity index (χ0n) is 20.2. The van der Waals surface area contributed by atoms with Crippen molar-refractivity contribution in [2.24, 2.45) is 17.6 Å². The van der Waals surface area contributed by atoms with E-state index in [0.717, 1.165) is 5.69 Å². The number of carbonyl (C=O) groups is 3. The molecule has 3 aliphatic rings. The van der Waals surface area contributed by atoms with Gasteiger partial charge in [-0.2, -0.15) is 0 Å². The molecule has 7 N–H and O–H groups in total. The smallest absolute Gasteiger partial charge is 0.255 e. The van der Waals surface area contributed by atoms with Gasteiger partial charge >= 0.3 is 0 Å². The quantitative estimate of drug-likeness (QED) is 0.267. The van der Waals surface area contributed by atoms with Crippen molar-refractivity contribution in [1.29, 1.82) is 0 Å². The highest BCUT2D eigenvalue weighted by molar-refractivity contribution is 6.24. The number of hydrogen-bond acceptors (Lipinski definition) is 9. The summed E-state index contributed by atoms with van der Waals surface area (Å²) in [6.07, 6.45) is 0.240. The summed E-state index contributed by atoms with van der Waals surface area (Å²) in [7, 11) is 3.13. The third kappa shape index (κ3) is 3.44. The van der Waals surface area contributed by atoms with Gasteiger partial charge in [0, 0.05) is 22.9 Å². The van der Waals surface area contributed by atoms with Crippen molar-refractivity contribution in [2.75, 3.05) is 19.4 Å². The van der Waals surface area contributed by atoms with Gasteiger partial charge in [0.15, 0.2) is 11.4 Å². The Morgan fingerprint density at radius 1 is 1.08 bits per heavy atom. The Kier molecular flexibility index (Phi) is 5.61. The van der Waals surface area contributed by atoms with Crippen molar-refractivity contribution in [3.63, 3.8) is 0 Å². The topological polar surface area (TPSA) is 173 Å². The van der Waals surface area contributed by atoms with Crippen LogP contribution >= 0.6 is 0 Å². The average molecular weight is 506 g/mol. The van der Waals surface area contributed by atoms with E-state index < -0.39 is 58.0 Å². The van der Waals surface area contributed by atoms with Crippen molar-refractivity contribution < 1.29 is 34.8 Å². The number of phenols is 1. The van der Waals surface area contributed by atoms with Gasteiger partial charge in [-0.05, 0) is 62.7 Å². The van der Waals surface area contributed by atoms with Crippen molar-refractivity contribution in [2.45, 2.75) is 24.5 Å². The highest BCUT2D eigenvalue weighted by atomic mass is 16.3. The number of fused-ring (bicyclic) bond motifs is 3. The summed E-state index contributed by atoms with van der Waals surface area (Å²) in [6.45, 7) is 0. The third-order valence-corrected chi connectivity index (χ3v) is 7.66. The average Bonchev–Trinajstić information content (AvgIpc) is 2.83. The first kappa shape index (κ1) is 24.5. The molecule has 0 aromatic heterocycles. The van der Waals surface area contributed by atoms with Gasteiger partial charge in [0.2, 0.25) is 5.78 Å². The monoisotopic (exact) mass is 505 g/mol. The Morgan fingerprint density at radius 3 is 2.38 bits per heavy atom. The van der Waals surface area contributed by atoms with Crippen LogP contribution in [-0.4, -0.2) is 68.5 Å². The maximum Gasteiger partial charge on any atom is 0.255 e. The molecule has 10 nitrogen and oxygen atoms in total. The van der Waals surface area contributed by atoms with E-state index in [0.29, 0.717) is 11.3 Å². The molecule has 192 valence electrons. The van der Waals surface area contributed by atoms with Crippen LogP contribution in [0.1, 0.15) is 17.5 Å². The molecule has 0 bridgehead atoms. The van der Waals surface area contributed by atoms with E-state index in [2.05, 4.69) is 5.32 Å². The number of phenolic OH excluding ortho intramolecular Hbond substituents is 1. The number of aromatic hydroxyl groups is 1. The van der Waals surface area contributed by atoms with Crippen LogP contribution in [0, 0.1) is 11.8 Å². The van der Waals surface area contributed by atoms with E-state index in [1.54, 1.807) is 20.2 Å². The largest absolute Gasteiger partial charge is 0.508 e. The number of nitrogens with one attached hydrogen (secondary N) is 1.